The maximum Gasteiger partial charge on any atom is 0.338 e. The van der Waals surface area contributed by atoms with Crippen LogP contribution in [0.3, 0.4) is 0 Å². The molecule has 0 saturated heterocycles. The normalized spacial score (nSPS) is 10.8. The van der Waals surface area contributed by atoms with Gasteiger partial charge in [-0.1, -0.05) is 41.4 Å². The first-order chi connectivity index (χ1) is 10.4. The van der Waals surface area contributed by atoms with E-state index >= 15 is 0 Å². The topological polar surface area (TPSA) is 99.3 Å². The van der Waals surface area contributed by atoms with Crippen LogP contribution in [-0.4, -0.2) is 22.2 Å². The van der Waals surface area contributed by atoms with Crippen molar-refractivity contribution in [2.45, 2.75) is 0 Å². The lowest BCUT2D eigenvalue weighted by molar-refractivity contribution is 0.0652. The monoisotopic (exact) mass is 338 g/mol. The Hall–Kier alpha value is -2.44. The van der Waals surface area contributed by atoms with Crippen LogP contribution in [0.1, 0.15) is 20.7 Å². The molecule has 2 rings (SSSR count). The molecule has 8 heteroatoms. The number of carboxylic acids is 2. The predicted molar refractivity (Wildman–Crippen MR) is 81.0 cm³/mol. The van der Waals surface area contributed by atoms with E-state index in [1.54, 1.807) is 30.3 Å². The molecule has 0 atom stereocenters. The van der Waals surface area contributed by atoms with E-state index in [-0.39, 0.29) is 15.7 Å². The molecule has 112 valence electrons. The van der Waals surface area contributed by atoms with Crippen molar-refractivity contribution in [1.82, 2.24) is 0 Å². The van der Waals surface area contributed by atoms with Crippen LogP contribution in [0.4, 0.5) is 11.4 Å². The van der Waals surface area contributed by atoms with E-state index in [0.29, 0.717) is 5.69 Å². The zero-order valence-electron chi connectivity index (χ0n) is 10.8. The first-order valence-electron chi connectivity index (χ1n) is 5.87. The Morgan fingerprint density at radius 1 is 0.909 bits per heavy atom. The van der Waals surface area contributed by atoms with Crippen LogP contribution >= 0.6 is 23.2 Å². The number of azo groups is 1. The van der Waals surface area contributed by atoms with Gasteiger partial charge in [-0.3, -0.25) is 0 Å². The van der Waals surface area contributed by atoms with Gasteiger partial charge in [0.15, 0.2) is 0 Å². The number of benzene rings is 2. The van der Waals surface area contributed by atoms with Gasteiger partial charge in [-0.2, -0.15) is 5.11 Å². The maximum atomic E-state index is 11.4. The molecule has 0 fully saturated rings. The molecule has 6 nitrogen and oxygen atoms in total. The molecule has 0 unspecified atom stereocenters. The number of carbonyl (C=O) groups is 2. The minimum atomic E-state index is -1.51. The fourth-order valence-electron chi connectivity index (χ4n) is 1.72. The number of halogens is 2. The predicted octanol–water partition coefficient (Wildman–Crippen LogP) is 4.81. The molecule has 0 radical (unpaired) electrons. The summed E-state index contributed by atoms with van der Waals surface area (Å²) >= 11 is 11.6. The third-order valence-corrected chi connectivity index (χ3v) is 3.44. The van der Waals surface area contributed by atoms with Crippen molar-refractivity contribution in [1.29, 1.82) is 0 Å². The Kier molecular flexibility index (Phi) is 4.75. The van der Waals surface area contributed by atoms with Gasteiger partial charge in [-0.05, 0) is 18.2 Å². The molecule has 0 aliphatic heterocycles. The Morgan fingerprint density at radius 2 is 1.50 bits per heavy atom. The lowest BCUT2D eigenvalue weighted by atomic mass is 10.1. The lowest BCUT2D eigenvalue weighted by Gasteiger charge is -2.08. The van der Waals surface area contributed by atoms with Crippen LogP contribution in [0.25, 0.3) is 0 Å². The van der Waals surface area contributed by atoms with Gasteiger partial charge in [-0.25, -0.2) is 9.59 Å². The largest absolute Gasteiger partial charge is 0.478 e. The summed E-state index contributed by atoms with van der Waals surface area (Å²) in [7, 11) is 0. The molecule has 0 aliphatic carbocycles. The highest BCUT2D eigenvalue weighted by Crippen LogP contribution is 2.36. The molecule has 0 spiro atoms. The molecule has 0 amide bonds. The van der Waals surface area contributed by atoms with Crippen molar-refractivity contribution in [3.8, 4) is 0 Å². The van der Waals surface area contributed by atoms with Crippen molar-refractivity contribution in [3.63, 3.8) is 0 Å². The van der Waals surface area contributed by atoms with Crippen molar-refractivity contribution < 1.29 is 19.8 Å². The lowest BCUT2D eigenvalue weighted by Crippen LogP contribution is -2.09. The molecule has 0 bridgehead atoms. The summed E-state index contributed by atoms with van der Waals surface area (Å²) in [6, 6.07) is 9.70. The van der Waals surface area contributed by atoms with E-state index in [2.05, 4.69) is 10.2 Å². The van der Waals surface area contributed by atoms with Crippen LogP contribution in [0, 0.1) is 0 Å². The Bertz CT molecular complexity index is 776. The van der Waals surface area contributed by atoms with Gasteiger partial charge in [0.25, 0.3) is 0 Å². The summed E-state index contributed by atoms with van der Waals surface area (Å²) in [5.74, 6) is -3.00. The van der Waals surface area contributed by atoms with Crippen molar-refractivity contribution in [3.05, 3.63) is 57.6 Å². The average Bonchev–Trinajstić information content (AvgIpc) is 2.48. The van der Waals surface area contributed by atoms with Gasteiger partial charge in [0.05, 0.1) is 21.3 Å². The van der Waals surface area contributed by atoms with Crippen LogP contribution in [0.15, 0.2) is 46.6 Å². The molecule has 2 N–H and O–H groups in total. The number of aromatic carboxylic acids is 2. The summed E-state index contributed by atoms with van der Waals surface area (Å²) in [5.41, 5.74) is -0.907. The van der Waals surface area contributed by atoms with E-state index < -0.39 is 23.1 Å². The number of hydrogen-bond donors (Lipinski definition) is 2. The highest BCUT2D eigenvalue weighted by atomic mass is 35.5. The number of hydrogen-bond acceptors (Lipinski definition) is 4. The quantitative estimate of drug-likeness (QED) is 0.781. The molecule has 0 aromatic heterocycles. The second-order valence-corrected chi connectivity index (χ2v) is 4.87. The van der Waals surface area contributed by atoms with Gasteiger partial charge in [0.1, 0.15) is 11.3 Å². The van der Waals surface area contributed by atoms with Crippen LogP contribution < -0.4 is 0 Å². The highest BCUT2D eigenvalue weighted by molar-refractivity contribution is 6.44. The minimum Gasteiger partial charge on any atom is -0.478 e. The number of nitrogens with zero attached hydrogens (tertiary/aromatic N) is 2. The van der Waals surface area contributed by atoms with Gasteiger partial charge in [-0.15, -0.1) is 5.11 Å². The molecule has 2 aromatic rings. The second kappa shape index (κ2) is 6.55. The molecular weight excluding hydrogens is 331 g/mol. The van der Waals surface area contributed by atoms with Crippen LogP contribution in [0.5, 0.6) is 0 Å². The van der Waals surface area contributed by atoms with Crippen molar-refractivity contribution >= 4 is 46.5 Å². The Morgan fingerprint density at radius 3 is 2.05 bits per heavy atom. The summed E-state index contributed by atoms with van der Waals surface area (Å²) in [5, 5.41) is 25.6. The van der Waals surface area contributed by atoms with Crippen LogP contribution in [0.2, 0.25) is 10.0 Å². The van der Waals surface area contributed by atoms with E-state index in [9.17, 15) is 14.7 Å². The summed E-state index contributed by atoms with van der Waals surface area (Å²) in [4.78, 5) is 22.6. The average molecular weight is 339 g/mol. The van der Waals surface area contributed by atoms with Gasteiger partial charge < -0.3 is 10.2 Å². The Labute approximate surface area is 134 Å². The summed E-state index contributed by atoms with van der Waals surface area (Å²) < 4.78 is 0. The van der Waals surface area contributed by atoms with Crippen molar-refractivity contribution in [2.75, 3.05) is 0 Å². The molecular formula is C14H8Cl2N2O4. The van der Waals surface area contributed by atoms with E-state index in [1.807, 2.05) is 0 Å². The fourth-order valence-corrected chi connectivity index (χ4v) is 2.14. The molecule has 0 heterocycles. The Balaban J connectivity index is 2.63. The third kappa shape index (κ3) is 3.24. The number of rotatable bonds is 4. The van der Waals surface area contributed by atoms with Gasteiger partial charge in [0.2, 0.25) is 0 Å². The SMILES string of the molecule is O=C(O)c1c(N=Nc2ccccc2)cc(Cl)c(Cl)c1C(=O)O. The zero-order chi connectivity index (χ0) is 16.3. The summed E-state index contributed by atoms with van der Waals surface area (Å²) in [6.45, 7) is 0. The highest BCUT2D eigenvalue weighted by Gasteiger charge is 2.26. The molecule has 0 aliphatic rings. The molecule has 0 saturated carbocycles. The van der Waals surface area contributed by atoms with E-state index in [0.717, 1.165) is 6.07 Å². The zero-order valence-corrected chi connectivity index (χ0v) is 12.3. The standard InChI is InChI=1S/C14H8Cl2N2O4/c15-8-6-9(18-17-7-4-2-1-3-5-7)10(13(19)20)11(12(8)16)14(21)22/h1-6H,(H,19,20)(H,21,22). The fraction of sp³-hybridized carbons (Fsp3) is 0. The smallest absolute Gasteiger partial charge is 0.338 e. The van der Waals surface area contributed by atoms with Gasteiger partial charge in [0, 0.05) is 0 Å². The minimum absolute atomic E-state index is 0.119. The summed E-state index contributed by atoms with van der Waals surface area (Å²) in [6.07, 6.45) is 0. The van der Waals surface area contributed by atoms with E-state index in [4.69, 9.17) is 28.3 Å². The molecule has 22 heavy (non-hydrogen) atoms. The van der Waals surface area contributed by atoms with Crippen LogP contribution in [-0.2, 0) is 0 Å². The maximum absolute atomic E-state index is 11.4. The second-order valence-electron chi connectivity index (χ2n) is 4.09. The first kappa shape index (κ1) is 15.9. The van der Waals surface area contributed by atoms with Gasteiger partial charge >= 0.3 is 11.9 Å². The number of carboxylic acid groups (broad SMARTS) is 2. The molecule has 2 aromatic carbocycles. The van der Waals surface area contributed by atoms with E-state index in [1.165, 1.54) is 0 Å². The first-order valence-corrected chi connectivity index (χ1v) is 6.62. The third-order valence-electron chi connectivity index (χ3n) is 2.66. The van der Waals surface area contributed by atoms with Crippen molar-refractivity contribution in [2.24, 2.45) is 10.2 Å².